The van der Waals surface area contributed by atoms with Crippen LogP contribution in [0.5, 0.6) is 11.5 Å². The fourth-order valence-electron chi connectivity index (χ4n) is 3.96. The highest BCUT2D eigenvalue weighted by atomic mass is 32.1. The maximum Gasteiger partial charge on any atom is 0.229 e. The Labute approximate surface area is 181 Å². The number of rotatable bonds is 6. The number of methoxy groups -OCH3 is 2. The van der Waals surface area contributed by atoms with E-state index in [2.05, 4.69) is 31.2 Å². The van der Waals surface area contributed by atoms with Gasteiger partial charge in [0.25, 0.3) is 0 Å². The molecule has 1 aromatic heterocycles. The number of amides is 1. The van der Waals surface area contributed by atoms with Crippen molar-refractivity contribution < 1.29 is 14.3 Å². The van der Waals surface area contributed by atoms with E-state index in [0.717, 1.165) is 52.7 Å². The summed E-state index contributed by atoms with van der Waals surface area (Å²) in [6.45, 7) is 2.82. The Kier molecular flexibility index (Phi) is 6.04. The number of thiazole rings is 1. The minimum atomic E-state index is -0.00208. The van der Waals surface area contributed by atoms with E-state index in [1.807, 2.05) is 28.5 Å². The minimum Gasteiger partial charge on any atom is -0.497 e. The summed E-state index contributed by atoms with van der Waals surface area (Å²) in [5, 5.41) is 2.94. The molecule has 1 amide bonds. The average molecular weight is 423 g/mol. The number of hydrogen-bond acceptors (Lipinski definition) is 5. The van der Waals surface area contributed by atoms with Crippen LogP contribution in [0.25, 0.3) is 10.6 Å². The summed E-state index contributed by atoms with van der Waals surface area (Å²) >= 11 is 1.58. The quantitative estimate of drug-likeness (QED) is 0.558. The SMILES string of the molecule is COc1ccc(OC)c(C2CCCN2C(=O)Cc2csc(-c3ccc(C)cc3)n2)c1. The number of likely N-dealkylation sites (tertiary alicyclic amines) is 1. The number of hydrogen-bond donors (Lipinski definition) is 0. The molecule has 0 saturated carbocycles. The van der Waals surface area contributed by atoms with Crippen LogP contribution >= 0.6 is 11.3 Å². The first-order chi connectivity index (χ1) is 14.6. The van der Waals surface area contributed by atoms with Gasteiger partial charge in [-0.15, -0.1) is 11.3 Å². The van der Waals surface area contributed by atoms with Gasteiger partial charge in [-0.05, 0) is 38.0 Å². The predicted octanol–water partition coefficient (Wildman–Crippen LogP) is 5.04. The zero-order chi connectivity index (χ0) is 21.1. The lowest BCUT2D eigenvalue weighted by Gasteiger charge is -2.26. The van der Waals surface area contributed by atoms with Crippen molar-refractivity contribution in [3.8, 4) is 22.1 Å². The van der Waals surface area contributed by atoms with Gasteiger partial charge in [0.1, 0.15) is 16.5 Å². The lowest BCUT2D eigenvalue weighted by molar-refractivity contribution is -0.131. The fraction of sp³-hybridized carbons (Fsp3) is 0.333. The molecule has 0 radical (unpaired) electrons. The molecule has 5 nitrogen and oxygen atoms in total. The Morgan fingerprint density at radius 1 is 1.17 bits per heavy atom. The molecule has 30 heavy (non-hydrogen) atoms. The highest BCUT2D eigenvalue weighted by Crippen LogP contribution is 2.39. The van der Waals surface area contributed by atoms with E-state index in [1.165, 1.54) is 5.56 Å². The van der Waals surface area contributed by atoms with Crippen LogP contribution < -0.4 is 9.47 Å². The standard InChI is InChI=1S/C24H26N2O3S/c1-16-6-8-17(9-7-16)24-25-18(15-30-24)13-23(27)26-12-4-5-21(26)20-14-19(28-2)10-11-22(20)29-3/h6-11,14-15,21H,4-5,12-13H2,1-3H3. The predicted molar refractivity (Wildman–Crippen MR) is 119 cm³/mol. The number of carbonyl (C=O) groups is 1. The number of aromatic nitrogens is 1. The van der Waals surface area contributed by atoms with Gasteiger partial charge in [0.05, 0.1) is 32.4 Å². The lowest BCUT2D eigenvalue weighted by atomic mass is 10.0. The number of ether oxygens (including phenoxy) is 2. The molecule has 156 valence electrons. The molecule has 0 bridgehead atoms. The van der Waals surface area contributed by atoms with Crippen LogP contribution in [0.1, 0.15) is 35.7 Å². The van der Waals surface area contributed by atoms with E-state index in [1.54, 1.807) is 25.6 Å². The molecule has 1 atom stereocenters. The van der Waals surface area contributed by atoms with Gasteiger partial charge in [-0.2, -0.15) is 0 Å². The second kappa shape index (κ2) is 8.88. The van der Waals surface area contributed by atoms with Crippen molar-refractivity contribution in [1.29, 1.82) is 0 Å². The summed E-state index contributed by atoms with van der Waals surface area (Å²) in [6.07, 6.45) is 2.20. The molecule has 1 aliphatic rings. The summed E-state index contributed by atoms with van der Waals surface area (Å²) < 4.78 is 10.9. The maximum atomic E-state index is 13.2. The first-order valence-electron chi connectivity index (χ1n) is 10.1. The van der Waals surface area contributed by atoms with E-state index >= 15 is 0 Å². The second-order valence-corrected chi connectivity index (χ2v) is 8.40. The van der Waals surface area contributed by atoms with Gasteiger partial charge in [-0.1, -0.05) is 29.8 Å². The van der Waals surface area contributed by atoms with Crippen molar-refractivity contribution in [2.75, 3.05) is 20.8 Å². The molecular formula is C24H26N2O3S. The van der Waals surface area contributed by atoms with Gasteiger partial charge in [0.15, 0.2) is 0 Å². The van der Waals surface area contributed by atoms with Gasteiger partial charge < -0.3 is 14.4 Å². The maximum absolute atomic E-state index is 13.2. The number of nitrogens with zero attached hydrogens (tertiary/aromatic N) is 2. The molecule has 3 aromatic rings. The molecule has 1 unspecified atom stereocenters. The third-order valence-electron chi connectivity index (χ3n) is 5.55. The average Bonchev–Trinajstić information content (AvgIpc) is 3.43. The molecule has 1 aliphatic heterocycles. The first-order valence-corrected chi connectivity index (χ1v) is 11.0. The summed E-state index contributed by atoms with van der Waals surface area (Å²) in [6, 6.07) is 14.1. The molecule has 4 rings (SSSR count). The van der Waals surface area contributed by atoms with E-state index in [0.29, 0.717) is 6.42 Å². The molecule has 6 heteroatoms. The monoisotopic (exact) mass is 422 g/mol. The summed E-state index contributed by atoms with van der Waals surface area (Å²) in [7, 11) is 3.31. The van der Waals surface area contributed by atoms with Crippen LogP contribution in [-0.2, 0) is 11.2 Å². The lowest BCUT2D eigenvalue weighted by Crippen LogP contribution is -2.32. The van der Waals surface area contributed by atoms with E-state index < -0.39 is 0 Å². The Balaban J connectivity index is 1.52. The summed E-state index contributed by atoms with van der Waals surface area (Å²) in [5.74, 6) is 1.66. The summed E-state index contributed by atoms with van der Waals surface area (Å²) in [4.78, 5) is 19.8. The molecule has 1 saturated heterocycles. The molecule has 0 aliphatic carbocycles. The number of benzene rings is 2. The van der Waals surface area contributed by atoms with Crippen molar-refractivity contribution in [2.24, 2.45) is 0 Å². The topological polar surface area (TPSA) is 51.7 Å². The molecule has 2 heterocycles. The third-order valence-corrected chi connectivity index (χ3v) is 6.49. The van der Waals surface area contributed by atoms with Crippen LogP contribution in [0, 0.1) is 6.92 Å². The Morgan fingerprint density at radius 3 is 2.70 bits per heavy atom. The first kappa shape index (κ1) is 20.4. The molecule has 0 N–H and O–H groups in total. The Morgan fingerprint density at radius 2 is 1.97 bits per heavy atom. The van der Waals surface area contributed by atoms with Crippen molar-refractivity contribution in [3.05, 3.63) is 64.7 Å². The summed E-state index contributed by atoms with van der Waals surface area (Å²) in [5.41, 5.74) is 4.13. The van der Waals surface area contributed by atoms with E-state index in [4.69, 9.17) is 14.5 Å². The third kappa shape index (κ3) is 4.19. The van der Waals surface area contributed by atoms with Gasteiger partial charge >= 0.3 is 0 Å². The number of carbonyl (C=O) groups excluding carboxylic acids is 1. The smallest absolute Gasteiger partial charge is 0.229 e. The van der Waals surface area contributed by atoms with Crippen LogP contribution in [0.4, 0.5) is 0 Å². The Bertz CT molecular complexity index is 1030. The fourth-order valence-corrected chi connectivity index (χ4v) is 4.79. The minimum absolute atomic E-state index is 0.00208. The van der Waals surface area contributed by atoms with Crippen LogP contribution in [0.15, 0.2) is 47.8 Å². The van der Waals surface area contributed by atoms with E-state index in [9.17, 15) is 4.79 Å². The van der Waals surface area contributed by atoms with Gasteiger partial charge in [0.2, 0.25) is 5.91 Å². The largest absolute Gasteiger partial charge is 0.497 e. The number of aryl methyl sites for hydroxylation is 1. The van der Waals surface area contributed by atoms with Crippen molar-refractivity contribution in [3.63, 3.8) is 0 Å². The van der Waals surface area contributed by atoms with E-state index in [-0.39, 0.29) is 11.9 Å². The van der Waals surface area contributed by atoms with Crippen LogP contribution in [0.3, 0.4) is 0 Å². The van der Waals surface area contributed by atoms with Crippen molar-refractivity contribution in [1.82, 2.24) is 9.88 Å². The van der Waals surface area contributed by atoms with Crippen molar-refractivity contribution >= 4 is 17.2 Å². The normalized spacial score (nSPS) is 16.0. The molecule has 2 aromatic carbocycles. The second-order valence-electron chi connectivity index (χ2n) is 7.54. The van der Waals surface area contributed by atoms with Crippen molar-refractivity contribution in [2.45, 2.75) is 32.2 Å². The highest BCUT2D eigenvalue weighted by molar-refractivity contribution is 7.13. The highest BCUT2D eigenvalue weighted by Gasteiger charge is 2.32. The Hall–Kier alpha value is -2.86. The zero-order valence-corrected chi connectivity index (χ0v) is 18.4. The zero-order valence-electron chi connectivity index (χ0n) is 17.6. The van der Waals surface area contributed by atoms with Crippen LogP contribution in [0.2, 0.25) is 0 Å². The molecular weight excluding hydrogens is 396 g/mol. The van der Waals surface area contributed by atoms with Gasteiger partial charge in [-0.3, -0.25) is 4.79 Å². The van der Waals surface area contributed by atoms with Gasteiger partial charge in [0, 0.05) is 23.1 Å². The molecule has 0 spiro atoms. The molecule has 1 fully saturated rings. The van der Waals surface area contributed by atoms with Crippen LogP contribution in [-0.4, -0.2) is 36.6 Å². The van der Waals surface area contributed by atoms with Gasteiger partial charge in [-0.25, -0.2) is 4.98 Å².